The molecule has 1 aromatic carbocycles. The standard InChI is InChI=1S/C14H18FNO2/c1-9-4-5-13(15)12(6-9)14(17)16-7-10(2)18-11(3)8-16/h4-6,10-11H,7-8H2,1-3H3/t10-,11+. The van der Waals surface area contributed by atoms with Crippen LogP contribution in [-0.4, -0.2) is 36.1 Å². The highest BCUT2D eigenvalue weighted by molar-refractivity contribution is 5.94. The molecule has 1 saturated heterocycles. The summed E-state index contributed by atoms with van der Waals surface area (Å²) in [6.45, 7) is 6.71. The quantitative estimate of drug-likeness (QED) is 0.767. The first-order valence-corrected chi connectivity index (χ1v) is 6.18. The molecule has 0 saturated carbocycles. The fraction of sp³-hybridized carbons (Fsp3) is 0.500. The van der Waals surface area contributed by atoms with E-state index in [1.807, 2.05) is 20.8 Å². The first kappa shape index (κ1) is 13.0. The maximum Gasteiger partial charge on any atom is 0.257 e. The van der Waals surface area contributed by atoms with Crippen LogP contribution in [0.5, 0.6) is 0 Å². The Kier molecular flexibility index (Phi) is 3.66. The molecule has 3 nitrogen and oxygen atoms in total. The maximum absolute atomic E-state index is 13.7. The van der Waals surface area contributed by atoms with Crippen molar-refractivity contribution in [2.45, 2.75) is 33.0 Å². The molecule has 1 fully saturated rings. The normalized spacial score (nSPS) is 24.1. The van der Waals surface area contributed by atoms with Gasteiger partial charge in [-0.15, -0.1) is 0 Å². The molecule has 4 heteroatoms. The molecule has 0 bridgehead atoms. The number of carbonyl (C=O) groups excluding carboxylic acids is 1. The van der Waals surface area contributed by atoms with Crippen LogP contribution < -0.4 is 0 Å². The van der Waals surface area contributed by atoms with Crippen molar-refractivity contribution in [3.8, 4) is 0 Å². The van der Waals surface area contributed by atoms with Crippen molar-refractivity contribution in [2.24, 2.45) is 0 Å². The number of nitrogens with zero attached hydrogens (tertiary/aromatic N) is 1. The number of ether oxygens (including phenoxy) is 1. The molecular weight excluding hydrogens is 233 g/mol. The molecular formula is C14H18FNO2. The zero-order chi connectivity index (χ0) is 13.3. The van der Waals surface area contributed by atoms with E-state index in [2.05, 4.69) is 0 Å². The molecule has 2 atom stereocenters. The number of halogens is 1. The lowest BCUT2D eigenvalue weighted by atomic mass is 10.1. The first-order valence-electron chi connectivity index (χ1n) is 6.18. The van der Waals surface area contributed by atoms with Crippen molar-refractivity contribution in [2.75, 3.05) is 13.1 Å². The van der Waals surface area contributed by atoms with E-state index in [1.54, 1.807) is 17.0 Å². The van der Waals surface area contributed by atoms with Gasteiger partial charge < -0.3 is 9.64 Å². The Balaban J connectivity index is 2.22. The molecule has 1 aromatic rings. The predicted molar refractivity (Wildman–Crippen MR) is 67.0 cm³/mol. The summed E-state index contributed by atoms with van der Waals surface area (Å²) in [4.78, 5) is 14.0. The number of rotatable bonds is 1. The molecule has 18 heavy (non-hydrogen) atoms. The predicted octanol–water partition coefficient (Wildman–Crippen LogP) is 2.38. The van der Waals surface area contributed by atoms with Crippen LogP contribution in [-0.2, 0) is 4.74 Å². The smallest absolute Gasteiger partial charge is 0.257 e. The third kappa shape index (κ3) is 2.70. The van der Waals surface area contributed by atoms with Crippen molar-refractivity contribution < 1.29 is 13.9 Å². The molecule has 2 rings (SSSR count). The molecule has 0 N–H and O–H groups in total. The number of amides is 1. The lowest BCUT2D eigenvalue weighted by Crippen LogP contribution is -2.48. The van der Waals surface area contributed by atoms with Gasteiger partial charge in [0.05, 0.1) is 17.8 Å². The van der Waals surface area contributed by atoms with Gasteiger partial charge in [0, 0.05) is 13.1 Å². The average molecular weight is 251 g/mol. The van der Waals surface area contributed by atoms with Crippen molar-refractivity contribution in [3.63, 3.8) is 0 Å². The van der Waals surface area contributed by atoms with Crippen LogP contribution in [0.3, 0.4) is 0 Å². The van der Waals surface area contributed by atoms with Crippen molar-refractivity contribution in [1.29, 1.82) is 0 Å². The lowest BCUT2D eigenvalue weighted by molar-refractivity contribution is -0.0587. The summed E-state index contributed by atoms with van der Waals surface area (Å²) < 4.78 is 19.3. The zero-order valence-electron chi connectivity index (χ0n) is 10.9. The first-order chi connectivity index (χ1) is 8.47. The maximum atomic E-state index is 13.7. The topological polar surface area (TPSA) is 29.5 Å². The largest absolute Gasteiger partial charge is 0.372 e. The minimum absolute atomic E-state index is 0.00873. The fourth-order valence-corrected chi connectivity index (χ4v) is 2.32. The van der Waals surface area contributed by atoms with Crippen molar-refractivity contribution in [3.05, 3.63) is 35.1 Å². The minimum atomic E-state index is -0.461. The second kappa shape index (κ2) is 5.06. The summed E-state index contributed by atoms with van der Waals surface area (Å²) in [5, 5.41) is 0. The van der Waals surface area contributed by atoms with Crippen LogP contribution in [0.2, 0.25) is 0 Å². The Hall–Kier alpha value is -1.42. The van der Waals surface area contributed by atoms with Crippen LogP contribution >= 0.6 is 0 Å². The van der Waals surface area contributed by atoms with Crippen LogP contribution in [0.1, 0.15) is 29.8 Å². The van der Waals surface area contributed by atoms with Gasteiger partial charge in [-0.25, -0.2) is 4.39 Å². The van der Waals surface area contributed by atoms with E-state index in [-0.39, 0.29) is 23.7 Å². The van der Waals surface area contributed by atoms with E-state index in [4.69, 9.17) is 4.74 Å². The number of carbonyl (C=O) groups is 1. The summed E-state index contributed by atoms with van der Waals surface area (Å²) in [6, 6.07) is 4.61. The van der Waals surface area contributed by atoms with Gasteiger partial charge in [-0.3, -0.25) is 4.79 Å². The van der Waals surface area contributed by atoms with Crippen LogP contribution in [0.4, 0.5) is 4.39 Å². The summed E-state index contributed by atoms with van der Waals surface area (Å²) in [5.41, 5.74) is 1.03. The van der Waals surface area contributed by atoms with Gasteiger partial charge in [-0.2, -0.15) is 0 Å². The lowest BCUT2D eigenvalue weighted by Gasteiger charge is -2.35. The Morgan fingerprint density at radius 1 is 1.33 bits per heavy atom. The average Bonchev–Trinajstić information content (AvgIpc) is 2.30. The van der Waals surface area contributed by atoms with Crippen molar-refractivity contribution in [1.82, 2.24) is 4.90 Å². The monoisotopic (exact) mass is 251 g/mol. The highest BCUT2D eigenvalue weighted by atomic mass is 19.1. The second-order valence-electron chi connectivity index (χ2n) is 4.95. The molecule has 1 aliphatic rings. The Morgan fingerprint density at radius 3 is 2.56 bits per heavy atom. The summed E-state index contributed by atoms with van der Waals surface area (Å²) in [7, 11) is 0. The SMILES string of the molecule is Cc1ccc(F)c(C(=O)N2C[C@@H](C)O[C@@H](C)C2)c1. The highest BCUT2D eigenvalue weighted by Crippen LogP contribution is 2.17. The molecule has 0 radical (unpaired) electrons. The van der Waals surface area contributed by atoms with Gasteiger partial charge in [0.2, 0.25) is 0 Å². The van der Waals surface area contributed by atoms with E-state index in [9.17, 15) is 9.18 Å². The summed E-state index contributed by atoms with van der Waals surface area (Å²) in [6.07, 6.45) is -0.0175. The van der Waals surface area contributed by atoms with Gasteiger partial charge in [-0.05, 0) is 32.9 Å². The zero-order valence-corrected chi connectivity index (χ0v) is 10.9. The third-order valence-corrected chi connectivity index (χ3v) is 3.06. The van der Waals surface area contributed by atoms with Crippen LogP contribution in [0.25, 0.3) is 0 Å². The van der Waals surface area contributed by atoms with E-state index < -0.39 is 5.82 Å². The van der Waals surface area contributed by atoms with E-state index in [1.165, 1.54) is 6.07 Å². The Morgan fingerprint density at radius 2 is 1.94 bits per heavy atom. The van der Waals surface area contributed by atoms with Crippen molar-refractivity contribution >= 4 is 5.91 Å². The fourth-order valence-electron chi connectivity index (χ4n) is 2.32. The van der Waals surface area contributed by atoms with E-state index in [0.717, 1.165) is 5.56 Å². The van der Waals surface area contributed by atoms with Gasteiger partial charge in [-0.1, -0.05) is 11.6 Å². The summed E-state index contributed by atoms with van der Waals surface area (Å²) >= 11 is 0. The Labute approximate surface area is 107 Å². The molecule has 0 aliphatic carbocycles. The number of benzene rings is 1. The number of aryl methyl sites for hydroxylation is 1. The number of hydrogen-bond donors (Lipinski definition) is 0. The molecule has 0 aromatic heterocycles. The van der Waals surface area contributed by atoms with Gasteiger partial charge in [0.1, 0.15) is 5.82 Å². The van der Waals surface area contributed by atoms with Gasteiger partial charge in [0.25, 0.3) is 5.91 Å². The molecule has 0 unspecified atom stereocenters. The van der Waals surface area contributed by atoms with Crippen LogP contribution in [0, 0.1) is 12.7 Å². The molecule has 98 valence electrons. The van der Waals surface area contributed by atoms with Gasteiger partial charge in [0.15, 0.2) is 0 Å². The van der Waals surface area contributed by atoms with E-state index in [0.29, 0.717) is 13.1 Å². The highest BCUT2D eigenvalue weighted by Gasteiger charge is 2.27. The number of morpholine rings is 1. The minimum Gasteiger partial charge on any atom is -0.372 e. The number of hydrogen-bond acceptors (Lipinski definition) is 2. The summed E-state index contributed by atoms with van der Waals surface area (Å²) in [5.74, 6) is -0.712. The second-order valence-corrected chi connectivity index (χ2v) is 4.95. The molecule has 0 spiro atoms. The molecule has 1 aliphatic heterocycles. The molecule has 1 heterocycles. The van der Waals surface area contributed by atoms with E-state index >= 15 is 0 Å². The Bertz CT molecular complexity index is 451. The third-order valence-electron chi connectivity index (χ3n) is 3.06. The molecule has 1 amide bonds. The van der Waals surface area contributed by atoms with Crippen LogP contribution in [0.15, 0.2) is 18.2 Å². The van der Waals surface area contributed by atoms with Gasteiger partial charge >= 0.3 is 0 Å².